The maximum absolute atomic E-state index is 6.07. The Morgan fingerprint density at radius 3 is 2.50 bits per heavy atom. The van der Waals surface area contributed by atoms with E-state index in [2.05, 4.69) is 30.9 Å². The van der Waals surface area contributed by atoms with Crippen molar-refractivity contribution < 1.29 is 4.52 Å². The number of anilines is 1. The standard InChI is InChI=1S/C15H21N3OS/c1-8-4-6-11(7-5-8)14-17-15(19-18-14)12-9(2)10(3)20-13(12)16/h8,11H,4-7,16H2,1-3H3. The average molecular weight is 291 g/mol. The molecule has 2 heterocycles. The summed E-state index contributed by atoms with van der Waals surface area (Å²) in [6.45, 7) is 6.44. The van der Waals surface area contributed by atoms with Crippen molar-refractivity contribution in [2.24, 2.45) is 5.92 Å². The summed E-state index contributed by atoms with van der Waals surface area (Å²) < 4.78 is 5.47. The van der Waals surface area contributed by atoms with E-state index in [4.69, 9.17) is 10.3 Å². The highest BCUT2D eigenvalue weighted by Gasteiger charge is 2.25. The van der Waals surface area contributed by atoms with Gasteiger partial charge in [0, 0.05) is 10.8 Å². The fourth-order valence-corrected chi connectivity index (χ4v) is 3.87. The van der Waals surface area contributed by atoms with E-state index in [9.17, 15) is 0 Å². The highest BCUT2D eigenvalue weighted by molar-refractivity contribution is 7.16. The minimum atomic E-state index is 0.449. The number of aromatic nitrogens is 2. The van der Waals surface area contributed by atoms with Crippen LogP contribution in [0.2, 0.25) is 0 Å². The molecule has 4 nitrogen and oxygen atoms in total. The lowest BCUT2D eigenvalue weighted by Crippen LogP contribution is -2.11. The second kappa shape index (κ2) is 5.20. The molecule has 0 radical (unpaired) electrons. The van der Waals surface area contributed by atoms with E-state index in [1.165, 1.54) is 17.7 Å². The van der Waals surface area contributed by atoms with E-state index in [0.717, 1.165) is 40.7 Å². The lowest BCUT2D eigenvalue weighted by Gasteiger charge is -2.23. The van der Waals surface area contributed by atoms with Crippen LogP contribution in [0.15, 0.2) is 4.52 Å². The van der Waals surface area contributed by atoms with Crippen LogP contribution in [-0.4, -0.2) is 10.1 Å². The monoisotopic (exact) mass is 291 g/mol. The van der Waals surface area contributed by atoms with Crippen molar-refractivity contribution in [2.75, 3.05) is 5.73 Å². The molecule has 1 fully saturated rings. The van der Waals surface area contributed by atoms with Crippen molar-refractivity contribution in [3.8, 4) is 11.5 Å². The Hall–Kier alpha value is -1.36. The molecule has 108 valence electrons. The van der Waals surface area contributed by atoms with Crippen LogP contribution in [0.5, 0.6) is 0 Å². The van der Waals surface area contributed by atoms with Crippen molar-refractivity contribution >= 4 is 16.3 Å². The second-order valence-electron chi connectivity index (χ2n) is 5.94. The summed E-state index contributed by atoms with van der Waals surface area (Å²) in [5.41, 5.74) is 8.15. The molecule has 0 saturated heterocycles. The van der Waals surface area contributed by atoms with Gasteiger partial charge >= 0.3 is 0 Å². The van der Waals surface area contributed by atoms with Crippen LogP contribution in [-0.2, 0) is 0 Å². The van der Waals surface area contributed by atoms with Crippen molar-refractivity contribution in [2.45, 2.75) is 52.4 Å². The van der Waals surface area contributed by atoms with E-state index < -0.39 is 0 Å². The molecule has 2 aromatic rings. The zero-order valence-electron chi connectivity index (χ0n) is 12.3. The molecule has 2 N–H and O–H groups in total. The third kappa shape index (κ3) is 2.35. The molecule has 0 bridgehead atoms. The Kier molecular flexibility index (Phi) is 3.54. The molecule has 1 aliphatic rings. The molecule has 0 atom stereocenters. The number of nitrogens with zero attached hydrogens (tertiary/aromatic N) is 2. The number of aryl methyl sites for hydroxylation is 1. The number of thiophene rings is 1. The Labute approximate surface area is 123 Å². The summed E-state index contributed by atoms with van der Waals surface area (Å²) in [5.74, 6) is 2.72. The van der Waals surface area contributed by atoms with Crippen LogP contribution in [0.1, 0.15) is 54.8 Å². The Balaban J connectivity index is 1.87. The van der Waals surface area contributed by atoms with Gasteiger partial charge in [-0.1, -0.05) is 24.9 Å². The normalized spacial score (nSPS) is 23.1. The molecule has 2 aromatic heterocycles. The minimum Gasteiger partial charge on any atom is -0.390 e. The number of rotatable bonds is 2. The first kappa shape index (κ1) is 13.6. The van der Waals surface area contributed by atoms with Crippen LogP contribution in [0.25, 0.3) is 11.5 Å². The molecular formula is C15H21N3OS. The van der Waals surface area contributed by atoms with Gasteiger partial charge in [0.15, 0.2) is 5.82 Å². The van der Waals surface area contributed by atoms with Crippen LogP contribution in [0.3, 0.4) is 0 Å². The summed E-state index contributed by atoms with van der Waals surface area (Å²) in [6.07, 6.45) is 4.84. The Morgan fingerprint density at radius 2 is 1.90 bits per heavy atom. The van der Waals surface area contributed by atoms with Crippen molar-refractivity contribution in [3.63, 3.8) is 0 Å². The van der Waals surface area contributed by atoms with Crippen LogP contribution in [0, 0.1) is 19.8 Å². The van der Waals surface area contributed by atoms with Crippen LogP contribution >= 0.6 is 11.3 Å². The average Bonchev–Trinajstić information content (AvgIpc) is 2.97. The molecule has 0 aliphatic heterocycles. The number of hydrogen-bond acceptors (Lipinski definition) is 5. The van der Waals surface area contributed by atoms with Gasteiger partial charge in [0.25, 0.3) is 5.89 Å². The molecule has 1 aliphatic carbocycles. The van der Waals surface area contributed by atoms with Crippen molar-refractivity contribution in [3.05, 3.63) is 16.3 Å². The van der Waals surface area contributed by atoms with Gasteiger partial charge in [0.05, 0.1) is 10.6 Å². The topological polar surface area (TPSA) is 64.9 Å². The highest BCUT2D eigenvalue weighted by atomic mass is 32.1. The van der Waals surface area contributed by atoms with E-state index in [1.54, 1.807) is 11.3 Å². The van der Waals surface area contributed by atoms with Gasteiger partial charge in [0.1, 0.15) is 0 Å². The van der Waals surface area contributed by atoms with Gasteiger partial charge in [-0.2, -0.15) is 4.98 Å². The summed E-state index contributed by atoms with van der Waals surface area (Å²) in [4.78, 5) is 5.82. The van der Waals surface area contributed by atoms with E-state index >= 15 is 0 Å². The first-order valence-electron chi connectivity index (χ1n) is 7.25. The van der Waals surface area contributed by atoms with Gasteiger partial charge < -0.3 is 10.3 Å². The lowest BCUT2D eigenvalue weighted by atomic mass is 9.83. The smallest absolute Gasteiger partial charge is 0.261 e. The third-order valence-electron chi connectivity index (χ3n) is 4.45. The van der Waals surface area contributed by atoms with Crippen LogP contribution in [0.4, 0.5) is 5.00 Å². The summed E-state index contributed by atoms with van der Waals surface area (Å²) in [6, 6.07) is 0. The van der Waals surface area contributed by atoms with Crippen molar-refractivity contribution in [1.82, 2.24) is 10.1 Å². The molecule has 5 heteroatoms. The summed E-state index contributed by atoms with van der Waals surface area (Å²) in [5, 5.41) is 4.97. The molecule has 3 rings (SSSR count). The Morgan fingerprint density at radius 1 is 1.20 bits per heavy atom. The number of nitrogen functional groups attached to an aromatic ring is 1. The first-order chi connectivity index (χ1) is 9.56. The van der Waals surface area contributed by atoms with Crippen LogP contribution < -0.4 is 5.73 Å². The zero-order chi connectivity index (χ0) is 14.3. The fourth-order valence-electron chi connectivity index (χ4n) is 2.94. The molecular weight excluding hydrogens is 270 g/mol. The van der Waals surface area contributed by atoms with Gasteiger partial charge in [-0.3, -0.25) is 0 Å². The lowest BCUT2D eigenvalue weighted by molar-refractivity contribution is 0.329. The molecule has 20 heavy (non-hydrogen) atoms. The summed E-state index contributed by atoms with van der Waals surface area (Å²) >= 11 is 1.59. The fraction of sp³-hybridized carbons (Fsp3) is 0.600. The SMILES string of the molecule is Cc1sc(N)c(-c2nc(C3CCC(C)CC3)no2)c1C. The van der Waals surface area contributed by atoms with Gasteiger partial charge in [-0.15, -0.1) is 11.3 Å². The third-order valence-corrected chi connectivity index (χ3v) is 5.49. The minimum absolute atomic E-state index is 0.449. The van der Waals surface area contributed by atoms with Gasteiger partial charge in [-0.05, 0) is 38.2 Å². The van der Waals surface area contributed by atoms with E-state index in [1.807, 2.05) is 0 Å². The molecule has 0 unspecified atom stereocenters. The van der Waals surface area contributed by atoms with Gasteiger partial charge in [-0.25, -0.2) is 0 Å². The quantitative estimate of drug-likeness (QED) is 0.896. The Bertz CT molecular complexity index is 609. The van der Waals surface area contributed by atoms with E-state index in [0.29, 0.717) is 11.8 Å². The van der Waals surface area contributed by atoms with Crippen molar-refractivity contribution in [1.29, 1.82) is 0 Å². The molecule has 0 aromatic carbocycles. The summed E-state index contributed by atoms with van der Waals surface area (Å²) in [7, 11) is 0. The maximum Gasteiger partial charge on any atom is 0.261 e. The largest absolute Gasteiger partial charge is 0.390 e. The zero-order valence-corrected chi connectivity index (χ0v) is 13.1. The first-order valence-corrected chi connectivity index (χ1v) is 8.07. The number of hydrogen-bond donors (Lipinski definition) is 1. The molecule has 0 spiro atoms. The molecule has 0 amide bonds. The maximum atomic E-state index is 6.07. The predicted molar refractivity (Wildman–Crippen MR) is 81.9 cm³/mol. The molecule has 1 saturated carbocycles. The second-order valence-corrected chi connectivity index (χ2v) is 7.19. The van der Waals surface area contributed by atoms with E-state index in [-0.39, 0.29) is 0 Å². The predicted octanol–water partition coefficient (Wildman–Crippen LogP) is 4.29. The van der Waals surface area contributed by atoms with Gasteiger partial charge in [0.2, 0.25) is 0 Å². The number of nitrogens with two attached hydrogens (primary N) is 1. The highest BCUT2D eigenvalue weighted by Crippen LogP contribution is 2.39.